The van der Waals surface area contributed by atoms with Crippen LogP contribution in [0.5, 0.6) is 0 Å². The van der Waals surface area contributed by atoms with E-state index in [1.807, 2.05) is 6.92 Å². The minimum Gasteiger partial charge on any atom is -0.370 e. The Bertz CT molecular complexity index is 497. The highest BCUT2D eigenvalue weighted by Gasteiger charge is 2.22. The van der Waals surface area contributed by atoms with Gasteiger partial charge in [-0.2, -0.15) is 4.98 Å². The molecule has 0 spiro atoms. The van der Waals surface area contributed by atoms with Gasteiger partial charge in [-0.1, -0.05) is 19.0 Å². The maximum atomic E-state index is 12.2. The quantitative estimate of drug-likeness (QED) is 0.787. The molecule has 1 saturated heterocycles. The highest BCUT2D eigenvalue weighted by atomic mass is 16.5. The predicted molar refractivity (Wildman–Crippen MR) is 85.6 cm³/mol. The van der Waals surface area contributed by atoms with Gasteiger partial charge >= 0.3 is 0 Å². The van der Waals surface area contributed by atoms with Crippen LogP contribution >= 0.6 is 0 Å². The first-order valence-corrected chi connectivity index (χ1v) is 8.37. The van der Waals surface area contributed by atoms with Crippen molar-refractivity contribution >= 4 is 5.91 Å². The van der Waals surface area contributed by atoms with Crippen molar-refractivity contribution < 1.29 is 14.1 Å². The van der Waals surface area contributed by atoms with Crippen molar-refractivity contribution in [1.82, 2.24) is 20.4 Å². The molecule has 1 aromatic heterocycles. The van der Waals surface area contributed by atoms with E-state index in [0.717, 1.165) is 19.4 Å². The number of carbonyl (C=O) groups excluding carboxylic acids is 1. The summed E-state index contributed by atoms with van der Waals surface area (Å²) in [5.74, 6) is 1.51. The first kappa shape index (κ1) is 17.9. The van der Waals surface area contributed by atoms with Crippen molar-refractivity contribution in [2.45, 2.75) is 58.7 Å². The monoisotopic (exact) mass is 324 g/mol. The minimum atomic E-state index is -0.210. The van der Waals surface area contributed by atoms with Crippen LogP contribution in [0.2, 0.25) is 0 Å². The summed E-state index contributed by atoms with van der Waals surface area (Å²) in [7, 11) is 1.76. The van der Waals surface area contributed by atoms with Gasteiger partial charge in [0, 0.05) is 26.1 Å². The molecule has 1 aromatic rings. The lowest BCUT2D eigenvalue weighted by atomic mass is 10.1. The molecule has 23 heavy (non-hydrogen) atoms. The molecule has 1 fully saturated rings. The number of amides is 1. The summed E-state index contributed by atoms with van der Waals surface area (Å²) in [6.45, 7) is 8.07. The van der Waals surface area contributed by atoms with Crippen molar-refractivity contribution in [1.29, 1.82) is 0 Å². The Labute approximate surface area is 137 Å². The molecule has 2 rings (SSSR count). The Morgan fingerprint density at radius 1 is 1.48 bits per heavy atom. The zero-order valence-electron chi connectivity index (χ0n) is 14.5. The molecule has 1 N–H and O–H groups in total. The van der Waals surface area contributed by atoms with Gasteiger partial charge in [0.05, 0.1) is 6.54 Å². The number of nitrogens with zero attached hydrogens (tertiary/aromatic N) is 3. The molecule has 2 atom stereocenters. The summed E-state index contributed by atoms with van der Waals surface area (Å²) in [6, 6.07) is 0.299. The molecular weight excluding hydrogens is 296 g/mol. The molecule has 1 aliphatic rings. The lowest BCUT2D eigenvalue weighted by molar-refractivity contribution is -0.131. The maximum Gasteiger partial charge on any atom is 0.246 e. The second-order valence-corrected chi connectivity index (χ2v) is 6.66. The second-order valence-electron chi connectivity index (χ2n) is 6.66. The van der Waals surface area contributed by atoms with Crippen LogP contribution < -0.4 is 5.32 Å². The van der Waals surface area contributed by atoms with E-state index in [4.69, 9.17) is 9.26 Å². The van der Waals surface area contributed by atoms with E-state index in [9.17, 15) is 4.79 Å². The van der Waals surface area contributed by atoms with Gasteiger partial charge in [0.15, 0.2) is 5.82 Å². The molecular formula is C16H28N4O3. The topological polar surface area (TPSA) is 80.5 Å². The highest BCUT2D eigenvalue weighted by molar-refractivity contribution is 5.76. The smallest absolute Gasteiger partial charge is 0.246 e. The van der Waals surface area contributed by atoms with Crippen LogP contribution in [0.4, 0.5) is 0 Å². The van der Waals surface area contributed by atoms with Gasteiger partial charge in [-0.25, -0.2) is 0 Å². The number of rotatable bonds is 8. The van der Waals surface area contributed by atoms with E-state index in [1.54, 1.807) is 11.9 Å². The molecule has 0 aliphatic carbocycles. The predicted octanol–water partition coefficient (Wildman–Crippen LogP) is 1.90. The van der Waals surface area contributed by atoms with Crippen LogP contribution in [0.25, 0.3) is 0 Å². The summed E-state index contributed by atoms with van der Waals surface area (Å²) in [5.41, 5.74) is 0. The number of nitrogens with one attached hydrogen (secondary N) is 1. The van der Waals surface area contributed by atoms with E-state index in [2.05, 4.69) is 29.3 Å². The number of hydrogen-bond donors (Lipinski definition) is 1. The summed E-state index contributed by atoms with van der Waals surface area (Å²) in [5, 5.41) is 7.28. The lowest BCUT2D eigenvalue weighted by Gasteiger charge is -2.17. The van der Waals surface area contributed by atoms with Crippen molar-refractivity contribution in [3.8, 4) is 0 Å². The van der Waals surface area contributed by atoms with Gasteiger partial charge in [-0.15, -0.1) is 0 Å². The standard InChI is InChI=1S/C16H28N4O3/c1-11(2)10-22-12(3)16-18-14(23-19-16)9-20(4)15(21)8-13-6-5-7-17-13/h11-13,17H,5-10H2,1-4H3. The molecule has 7 heteroatoms. The Morgan fingerprint density at radius 2 is 2.26 bits per heavy atom. The molecule has 2 unspecified atom stereocenters. The lowest BCUT2D eigenvalue weighted by Crippen LogP contribution is -2.33. The Kier molecular flexibility index (Phi) is 6.53. The van der Waals surface area contributed by atoms with Crippen LogP contribution in [0, 0.1) is 5.92 Å². The molecule has 0 radical (unpaired) electrons. The van der Waals surface area contributed by atoms with Crippen molar-refractivity contribution in [3.63, 3.8) is 0 Å². The van der Waals surface area contributed by atoms with Crippen molar-refractivity contribution in [3.05, 3.63) is 11.7 Å². The Balaban J connectivity index is 1.81. The van der Waals surface area contributed by atoms with E-state index in [-0.39, 0.29) is 12.0 Å². The van der Waals surface area contributed by atoms with Gasteiger partial charge in [-0.05, 0) is 32.2 Å². The third-order valence-electron chi connectivity index (χ3n) is 3.91. The van der Waals surface area contributed by atoms with Gasteiger partial charge < -0.3 is 19.5 Å². The molecule has 1 amide bonds. The van der Waals surface area contributed by atoms with E-state index in [1.165, 1.54) is 0 Å². The SMILES string of the molecule is CC(C)COC(C)c1noc(CN(C)C(=O)CC2CCCN2)n1. The average Bonchev–Trinajstić information content (AvgIpc) is 3.16. The van der Waals surface area contributed by atoms with Gasteiger partial charge in [-0.3, -0.25) is 4.79 Å². The summed E-state index contributed by atoms with van der Waals surface area (Å²) < 4.78 is 10.9. The van der Waals surface area contributed by atoms with Gasteiger partial charge in [0.1, 0.15) is 6.10 Å². The Morgan fingerprint density at radius 3 is 2.91 bits per heavy atom. The first-order valence-electron chi connectivity index (χ1n) is 8.37. The fraction of sp³-hybridized carbons (Fsp3) is 0.812. The van der Waals surface area contributed by atoms with Gasteiger partial charge in [0.25, 0.3) is 0 Å². The highest BCUT2D eigenvalue weighted by Crippen LogP contribution is 2.16. The largest absolute Gasteiger partial charge is 0.370 e. The fourth-order valence-corrected chi connectivity index (χ4v) is 2.50. The number of hydrogen-bond acceptors (Lipinski definition) is 6. The zero-order valence-corrected chi connectivity index (χ0v) is 14.5. The maximum absolute atomic E-state index is 12.2. The average molecular weight is 324 g/mol. The summed E-state index contributed by atoms with van der Waals surface area (Å²) in [4.78, 5) is 18.2. The molecule has 7 nitrogen and oxygen atoms in total. The third kappa shape index (κ3) is 5.58. The molecule has 2 heterocycles. The van der Waals surface area contributed by atoms with E-state index >= 15 is 0 Å². The molecule has 0 bridgehead atoms. The Hall–Kier alpha value is -1.47. The molecule has 1 aliphatic heterocycles. The summed E-state index contributed by atoms with van der Waals surface area (Å²) >= 11 is 0. The normalized spacial score (nSPS) is 19.3. The van der Waals surface area contributed by atoms with Crippen LogP contribution in [0.1, 0.15) is 57.9 Å². The van der Waals surface area contributed by atoms with Crippen LogP contribution in [-0.4, -0.2) is 47.2 Å². The van der Waals surface area contributed by atoms with Crippen LogP contribution in [0.15, 0.2) is 4.52 Å². The molecule has 0 saturated carbocycles. The van der Waals surface area contributed by atoms with Gasteiger partial charge in [0.2, 0.25) is 11.8 Å². The van der Waals surface area contributed by atoms with Crippen molar-refractivity contribution in [2.24, 2.45) is 5.92 Å². The zero-order chi connectivity index (χ0) is 16.8. The first-order chi connectivity index (χ1) is 11.0. The number of ether oxygens (including phenoxy) is 1. The number of carbonyl (C=O) groups is 1. The van der Waals surface area contributed by atoms with Crippen LogP contribution in [0.3, 0.4) is 0 Å². The van der Waals surface area contributed by atoms with E-state index < -0.39 is 0 Å². The minimum absolute atomic E-state index is 0.0910. The fourth-order valence-electron chi connectivity index (χ4n) is 2.50. The van der Waals surface area contributed by atoms with Crippen molar-refractivity contribution in [2.75, 3.05) is 20.2 Å². The van der Waals surface area contributed by atoms with E-state index in [0.29, 0.717) is 43.2 Å². The molecule has 0 aromatic carbocycles. The third-order valence-corrected chi connectivity index (χ3v) is 3.91. The molecule has 130 valence electrons. The number of aromatic nitrogens is 2. The van der Waals surface area contributed by atoms with Crippen LogP contribution in [-0.2, 0) is 16.1 Å². The second kappa shape index (κ2) is 8.40. The summed E-state index contributed by atoms with van der Waals surface area (Å²) in [6.07, 6.45) is 2.52.